The van der Waals surface area contributed by atoms with Gasteiger partial charge in [0, 0.05) is 43.2 Å². The average molecular weight is 457 g/mol. The number of hydrogen-bond acceptors (Lipinski definition) is 5. The minimum atomic E-state index is -0.855. The number of aliphatic hydroxyl groups is 1. The smallest absolute Gasteiger partial charge is 0.307 e. The van der Waals surface area contributed by atoms with Gasteiger partial charge in [0.25, 0.3) is 0 Å². The van der Waals surface area contributed by atoms with E-state index < -0.39 is 5.97 Å². The Bertz CT molecular complexity index is 1390. The maximum atomic E-state index is 12.0. The predicted molar refractivity (Wildman–Crippen MR) is 133 cm³/mol. The summed E-state index contributed by atoms with van der Waals surface area (Å²) in [6, 6.07) is 10.5. The van der Waals surface area contributed by atoms with E-state index in [1.54, 1.807) is 12.4 Å². The number of carboxylic acids is 1. The Labute approximate surface area is 198 Å². The largest absolute Gasteiger partial charge is 0.481 e. The van der Waals surface area contributed by atoms with E-state index in [4.69, 9.17) is 0 Å². The standard InChI is InChI=1S/C27H28N4O3/c1-16-4-6-20(7-5-16)24-21(13-23(33)34)18(3)25-26-22(24)12-17(2)30(26)9-10-31(25)27-28-14-19(8-11-32)15-29-27/h4-7,12,14-15,32H,8-11,13H2,1-3H3,(H,33,34). The molecular formula is C27H28N4O3. The van der Waals surface area contributed by atoms with E-state index >= 15 is 0 Å². The molecule has 7 heteroatoms. The normalized spacial score (nSPS) is 13.0. The first-order valence-electron chi connectivity index (χ1n) is 11.5. The topological polar surface area (TPSA) is 91.5 Å². The van der Waals surface area contributed by atoms with Crippen LogP contribution in [0.1, 0.15) is 27.9 Å². The van der Waals surface area contributed by atoms with Gasteiger partial charge < -0.3 is 19.7 Å². The molecule has 1 aliphatic heterocycles. The van der Waals surface area contributed by atoms with Gasteiger partial charge in [0.05, 0.1) is 17.6 Å². The summed E-state index contributed by atoms with van der Waals surface area (Å²) in [6.45, 7) is 7.69. The van der Waals surface area contributed by atoms with Crippen molar-refractivity contribution in [2.75, 3.05) is 18.1 Å². The van der Waals surface area contributed by atoms with Crippen molar-refractivity contribution in [2.45, 2.75) is 40.2 Å². The maximum absolute atomic E-state index is 12.0. The van der Waals surface area contributed by atoms with E-state index in [0.29, 0.717) is 18.9 Å². The molecule has 3 heterocycles. The number of hydrogen-bond donors (Lipinski definition) is 2. The number of nitrogens with zero attached hydrogens (tertiary/aromatic N) is 4. The lowest BCUT2D eigenvalue weighted by atomic mass is 9.88. The van der Waals surface area contributed by atoms with Crippen molar-refractivity contribution < 1.29 is 15.0 Å². The summed E-state index contributed by atoms with van der Waals surface area (Å²) in [6.07, 6.45) is 3.96. The molecule has 0 aliphatic carbocycles. The molecule has 0 saturated carbocycles. The first-order valence-corrected chi connectivity index (χ1v) is 11.5. The SMILES string of the molecule is Cc1ccc(-c2c(CC(=O)O)c(C)c3c4c2cc(C)n4CCN3c2ncc(CCO)cn2)cc1. The number of carboxylic acid groups (broad SMARTS) is 1. The van der Waals surface area contributed by atoms with Gasteiger partial charge in [-0.05, 0) is 61.1 Å². The number of rotatable bonds is 6. The van der Waals surface area contributed by atoms with Gasteiger partial charge >= 0.3 is 5.97 Å². The first-order chi connectivity index (χ1) is 16.4. The molecule has 0 atom stereocenters. The Morgan fingerprint density at radius 1 is 1.06 bits per heavy atom. The van der Waals surface area contributed by atoms with Gasteiger partial charge in [0.2, 0.25) is 5.95 Å². The number of anilines is 2. The molecule has 0 saturated heterocycles. The summed E-state index contributed by atoms with van der Waals surface area (Å²) >= 11 is 0. The lowest BCUT2D eigenvalue weighted by Gasteiger charge is -2.33. The molecule has 174 valence electrons. The van der Waals surface area contributed by atoms with Crippen LogP contribution in [0.2, 0.25) is 0 Å². The lowest BCUT2D eigenvalue weighted by molar-refractivity contribution is -0.136. The van der Waals surface area contributed by atoms with Crippen molar-refractivity contribution in [1.29, 1.82) is 0 Å². The molecule has 5 rings (SSSR count). The highest BCUT2D eigenvalue weighted by molar-refractivity contribution is 6.08. The molecule has 4 aromatic rings. The molecule has 0 fully saturated rings. The predicted octanol–water partition coefficient (Wildman–Crippen LogP) is 4.34. The van der Waals surface area contributed by atoms with Crippen LogP contribution < -0.4 is 4.90 Å². The van der Waals surface area contributed by atoms with Gasteiger partial charge in [-0.2, -0.15) is 0 Å². The quantitative estimate of drug-likeness (QED) is 0.449. The fraction of sp³-hybridized carbons (Fsp3) is 0.296. The molecule has 0 unspecified atom stereocenters. The summed E-state index contributed by atoms with van der Waals surface area (Å²) < 4.78 is 2.32. The molecule has 2 aromatic heterocycles. The van der Waals surface area contributed by atoms with Crippen molar-refractivity contribution in [3.63, 3.8) is 0 Å². The van der Waals surface area contributed by atoms with Crippen LogP contribution in [0.15, 0.2) is 42.7 Å². The third-order valence-electron chi connectivity index (χ3n) is 6.73. The Morgan fingerprint density at radius 3 is 2.41 bits per heavy atom. The number of carbonyl (C=O) groups is 1. The minimum Gasteiger partial charge on any atom is -0.481 e. The summed E-state index contributed by atoms with van der Waals surface area (Å²) in [5.41, 5.74) is 9.02. The lowest BCUT2D eigenvalue weighted by Crippen LogP contribution is -2.30. The molecule has 0 radical (unpaired) electrons. The summed E-state index contributed by atoms with van der Waals surface area (Å²) in [4.78, 5) is 23.2. The molecule has 0 amide bonds. The number of aryl methyl sites for hydroxylation is 2. The van der Waals surface area contributed by atoms with Crippen molar-refractivity contribution in [3.05, 3.63) is 70.7 Å². The van der Waals surface area contributed by atoms with Crippen LogP contribution in [0.25, 0.3) is 22.0 Å². The van der Waals surface area contributed by atoms with Crippen LogP contribution in [0.5, 0.6) is 0 Å². The number of aromatic nitrogens is 3. The second-order valence-electron chi connectivity index (χ2n) is 8.98. The van der Waals surface area contributed by atoms with Crippen LogP contribution in [0.3, 0.4) is 0 Å². The Morgan fingerprint density at radius 2 is 1.76 bits per heavy atom. The highest BCUT2D eigenvalue weighted by Gasteiger charge is 2.30. The first kappa shape index (κ1) is 22.1. The fourth-order valence-corrected chi connectivity index (χ4v) is 5.09. The van der Waals surface area contributed by atoms with Crippen molar-refractivity contribution in [2.24, 2.45) is 0 Å². The monoisotopic (exact) mass is 456 g/mol. The number of aliphatic carboxylic acids is 1. The van der Waals surface area contributed by atoms with Crippen LogP contribution in [0, 0.1) is 20.8 Å². The van der Waals surface area contributed by atoms with Crippen molar-refractivity contribution >= 4 is 28.5 Å². The Kier molecular flexibility index (Phi) is 5.57. The van der Waals surface area contributed by atoms with Gasteiger partial charge in [0.1, 0.15) is 0 Å². The van der Waals surface area contributed by atoms with E-state index in [1.807, 2.05) is 6.92 Å². The van der Waals surface area contributed by atoms with E-state index in [0.717, 1.165) is 62.2 Å². The number of aliphatic hydroxyl groups excluding tert-OH is 1. The van der Waals surface area contributed by atoms with Crippen LogP contribution >= 0.6 is 0 Å². The molecule has 34 heavy (non-hydrogen) atoms. The van der Waals surface area contributed by atoms with E-state index in [9.17, 15) is 15.0 Å². The average Bonchev–Trinajstić information content (AvgIpc) is 3.15. The van der Waals surface area contributed by atoms with E-state index in [-0.39, 0.29) is 13.0 Å². The molecule has 7 nitrogen and oxygen atoms in total. The summed E-state index contributed by atoms with van der Waals surface area (Å²) in [5.74, 6) is -0.272. The second-order valence-corrected chi connectivity index (χ2v) is 8.98. The van der Waals surface area contributed by atoms with E-state index in [2.05, 4.69) is 63.6 Å². The zero-order chi connectivity index (χ0) is 24.0. The van der Waals surface area contributed by atoms with Gasteiger partial charge in [-0.15, -0.1) is 0 Å². The van der Waals surface area contributed by atoms with Crippen molar-refractivity contribution in [1.82, 2.24) is 14.5 Å². The van der Waals surface area contributed by atoms with Gasteiger partial charge in [-0.1, -0.05) is 29.8 Å². The third-order valence-corrected chi connectivity index (χ3v) is 6.73. The Hall–Kier alpha value is -3.71. The molecule has 1 aliphatic rings. The van der Waals surface area contributed by atoms with Gasteiger partial charge in [0.15, 0.2) is 0 Å². The molecular weight excluding hydrogens is 428 g/mol. The minimum absolute atomic E-state index is 0.0535. The van der Waals surface area contributed by atoms with Gasteiger partial charge in [-0.25, -0.2) is 9.97 Å². The fourth-order valence-electron chi connectivity index (χ4n) is 5.09. The van der Waals surface area contributed by atoms with Crippen LogP contribution in [-0.2, 0) is 24.2 Å². The zero-order valence-corrected chi connectivity index (χ0v) is 19.7. The highest BCUT2D eigenvalue weighted by Crippen LogP contribution is 2.46. The molecule has 0 spiro atoms. The van der Waals surface area contributed by atoms with Crippen LogP contribution in [-0.4, -0.2) is 43.9 Å². The molecule has 2 N–H and O–H groups in total. The number of benzene rings is 2. The summed E-state index contributed by atoms with van der Waals surface area (Å²) in [5, 5.41) is 20.1. The van der Waals surface area contributed by atoms with Crippen LogP contribution in [0.4, 0.5) is 11.6 Å². The van der Waals surface area contributed by atoms with Gasteiger partial charge in [-0.3, -0.25) is 4.79 Å². The highest BCUT2D eigenvalue weighted by atomic mass is 16.4. The third kappa shape index (κ3) is 3.62. The Balaban J connectivity index is 1.79. The summed E-state index contributed by atoms with van der Waals surface area (Å²) in [7, 11) is 0. The maximum Gasteiger partial charge on any atom is 0.307 e. The van der Waals surface area contributed by atoms with E-state index in [1.165, 1.54) is 0 Å². The molecule has 0 bridgehead atoms. The zero-order valence-electron chi connectivity index (χ0n) is 19.7. The second kappa shape index (κ2) is 8.57. The molecule has 2 aromatic carbocycles. The van der Waals surface area contributed by atoms with Crippen molar-refractivity contribution in [3.8, 4) is 11.1 Å².